The predicted octanol–water partition coefficient (Wildman–Crippen LogP) is 4.07. The maximum Gasteiger partial charge on any atom is 0.266 e. The molecule has 2 amide bonds. The smallest absolute Gasteiger partial charge is 0.266 e. The molecule has 1 aliphatic carbocycles. The van der Waals surface area contributed by atoms with E-state index in [9.17, 15) is 19.2 Å². The van der Waals surface area contributed by atoms with Gasteiger partial charge in [-0.3, -0.25) is 19.2 Å². The van der Waals surface area contributed by atoms with E-state index in [4.69, 9.17) is 9.47 Å². The van der Waals surface area contributed by atoms with Gasteiger partial charge in [0.05, 0.1) is 31.5 Å². The zero-order valence-electron chi connectivity index (χ0n) is 25.2. The first-order valence-corrected chi connectivity index (χ1v) is 15.3. The lowest BCUT2D eigenvalue weighted by atomic mass is 9.88. The zero-order chi connectivity index (χ0) is 30.6. The number of fused-ring (bicyclic) bond motifs is 1. The number of carbonyl (C=O) groups excluding carboxylic acids is 4. The lowest BCUT2D eigenvalue weighted by molar-refractivity contribution is -0.134. The molecule has 0 bridgehead atoms. The number of nitrogens with one attached hydrogen (secondary N) is 2. The van der Waals surface area contributed by atoms with Crippen LogP contribution in [0.15, 0.2) is 53.5 Å². The molecule has 3 aliphatic rings. The molecule has 2 aromatic rings. The maximum atomic E-state index is 13.8. The largest absolute Gasteiger partial charge is 0.497 e. The van der Waals surface area contributed by atoms with Gasteiger partial charge in [0.25, 0.3) is 5.91 Å². The zero-order valence-corrected chi connectivity index (χ0v) is 25.2. The summed E-state index contributed by atoms with van der Waals surface area (Å²) in [5.74, 6) is -0.796. The molecule has 0 aromatic heterocycles. The van der Waals surface area contributed by atoms with E-state index in [1.807, 2.05) is 48.5 Å². The number of benzene rings is 2. The number of hydrogen-bond acceptors (Lipinski definition) is 7. The monoisotopic (exact) mass is 587 g/mol. The van der Waals surface area contributed by atoms with Crippen molar-refractivity contribution in [1.29, 1.82) is 0 Å². The number of ketones is 2. The summed E-state index contributed by atoms with van der Waals surface area (Å²) >= 11 is 0. The van der Waals surface area contributed by atoms with Crippen molar-refractivity contribution < 1.29 is 28.7 Å². The third-order valence-corrected chi connectivity index (χ3v) is 8.93. The van der Waals surface area contributed by atoms with Gasteiger partial charge >= 0.3 is 0 Å². The fourth-order valence-corrected chi connectivity index (χ4v) is 6.07. The summed E-state index contributed by atoms with van der Waals surface area (Å²) in [5.41, 5.74) is 2.08. The molecule has 4 atom stereocenters. The van der Waals surface area contributed by atoms with Crippen molar-refractivity contribution in [2.45, 2.75) is 82.9 Å². The summed E-state index contributed by atoms with van der Waals surface area (Å²) in [7, 11) is 1.58. The number of carbonyl (C=O) groups is 4. The van der Waals surface area contributed by atoms with Crippen LogP contribution in [0, 0.1) is 11.8 Å². The second kappa shape index (κ2) is 13.2. The number of hydrogen-bond donors (Lipinski definition) is 2. The van der Waals surface area contributed by atoms with Gasteiger partial charge in [-0.2, -0.15) is 0 Å². The predicted molar refractivity (Wildman–Crippen MR) is 163 cm³/mol. The molecule has 5 rings (SSSR count). The highest BCUT2D eigenvalue weighted by molar-refractivity contribution is 6.41. The minimum atomic E-state index is -0.862. The van der Waals surface area contributed by atoms with Gasteiger partial charge in [-0.05, 0) is 61.9 Å². The molecule has 228 valence electrons. The van der Waals surface area contributed by atoms with Crippen LogP contribution in [-0.2, 0) is 36.8 Å². The Morgan fingerprint density at radius 2 is 1.74 bits per heavy atom. The van der Waals surface area contributed by atoms with Crippen molar-refractivity contribution >= 4 is 34.8 Å². The Morgan fingerprint density at radius 3 is 2.40 bits per heavy atom. The third kappa shape index (κ3) is 7.57. The summed E-state index contributed by atoms with van der Waals surface area (Å²) in [6.07, 6.45) is 5.52. The fourth-order valence-electron chi connectivity index (χ4n) is 6.07. The maximum absolute atomic E-state index is 13.8. The van der Waals surface area contributed by atoms with Gasteiger partial charge in [0.1, 0.15) is 17.1 Å². The molecule has 0 spiro atoms. The normalized spacial score (nSPS) is 21.2. The summed E-state index contributed by atoms with van der Waals surface area (Å²) in [4.78, 5) is 58.0. The number of epoxide rings is 1. The summed E-state index contributed by atoms with van der Waals surface area (Å²) < 4.78 is 10.7. The van der Waals surface area contributed by atoms with Crippen molar-refractivity contribution in [3.05, 3.63) is 59.7 Å². The molecule has 1 saturated carbocycles. The Balaban J connectivity index is 1.28. The molecular weight excluding hydrogens is 546 g/mol. The number of nitrogens with zero attached hydrogens (tertiary/aromatic N) is 1. The standard InChI is InChI=1S/C34H41N3O6/c1-21(35-33(41)29-18-24-10-6-7-11-27(24)36-29)30(38)19-25(16-23-12-14-26(42-3)15-13-23)32(40)37-28(17-22-8-4-5-9-22)31(39)34(2)20-43-34/h6-7,10-15,21-22,25,28H,4-5,8-9,16-20H2,1-3H3,(H,35,41)(H,37,40). The lowest BCUT2D eigenvalue weighted by Crippen LogP contribution is -2.50. The minimum absolute atomic E-state index is 0.0931. The highest BCUT2D eigenvalue weighted by atomic mass is 16.6. The van der Waals surface area contributed by atoms with E-state index in [2.05, 4.69) is 15.6 Å². The van der Waals surface area contributed by atoms with Crippen molar-refractivity contribution in [2.24, 2.45) is 16.8 Å². The number of para-hydroxylation sites is 1. The second-order valence-corrected chi connectivity index (χ2v) is 12.3. The first kappa shape index (κ1) is 30.6. The molecule has 4 unspecified atom stereocenters. The molecule has 2 fully saturated rings. The topological polar surface area (TPSA) is 126 Å². The molecule has 43 heavy (non-hydrogen) atoms. The van der Waals surface area contributed by atoms with Crippen molar-refractivity contribution in [3.8, 4) is 5.75 Å². The average molecular weight is 588 g/mol. The van der Waals surface area contributed by atoms with Crippen LogP contribution in [-0.4, -0.2) is 60.5 Å². The van der Waals surface area contributed by atoms with Crippen LogP contribution in [0.1, 0.15) is 63.5 Å². The molecule has 0 radical (unpaired) electrons. The number of Topliss-reactive ketones (excluding diaryl/α,β-unsaturated/α-hetero) is 2. The first-order chi connectivity index (χ1) is 20.6. The van der Waals surface area contributed by atoms with Crippen molar-refractivity contribution in [2.75, 3.05) is 13.7 Å². The summed E-state index contributed by atoms with van der Waals surface area (Å²) in [6.45, 7) is 3.74. The van der Waals surface area contributed by atoms with Crippen LogP contribution in [0.4, 0.5) is 5.69 Å². The summed E-state index contributed by atoms with van der Waals surface area (Å²) in [6, 6.07) is 13.4. The van der Waals surface area contributed by atoms with Gasteiger partial charge in [0.2, 0.25) is 5.91 Å². The van der Waals surface area contributed by atoms with Gasteiger partial charge in [0.15, 0.2) is 11.6 Å². The fraction of sp³-hybridized carbons (Fsp3) is 0.500. The van der Waals surface area contributed by atoms with Crippen LogP contribution >= 0.6 is 0 Å². The quantitative estimate of drug-likeness (QED) is 0.321. The second-order valence-electron chi connectivity index (χ2n) is 12.3. The molecule has 2 aliphatic heterocycles. The van der Waals surface area contributed by atoms with Gasteiger partial charge in [0, 0.05) is 18.8 Å². The molecule has 2 heterocycles. The number of methoxy groups -OCH3 is 1. The minimum Gasteiger partial charge on any atom is -0.497 e. The first-order valence-electron chi connectivity index (χ1n) is 15.3. The SMILES string of the molecule is COc1ccc(CC(CC(=O)C(C)NC(=O)C2=Nc3ccccc3C2)C(=O)NC(CC2CCCC2)C(=O)C2(C)CO2)cc1. The van der Waals surface area contributed by atoms with E-state index >= 15 is 0 Å². The molecule has 2 N–H and O–H groups in total. The van der Waals surface area contributed by atoms with E-state index in [0.717, 1.165) is 42.5 Å². The Bertz CT molecular complexity index is 1390. The molecule has 9 nitrogen and oxygen atoms in total. The van der Waals surface area contributed by atoms with Crippen LogP contribution in [0.25, 0.3) is 0 Å². The number of aliphatic imine (C=N–C) groups is 1. The van der Waals surface area contributed by atoms with Gasteiger partial charge in [-0.1, -0.05) is 56.0 Å². The Kier molecular flexibility index (Phi) is 9.40. The molecular formula is C34H41N3O6. The molecule has 2 aromatic carbocycles. The molecule has 1 saturated heterocycles. The van der Waals surface area contributed by atoms with Crippen LogP contribution < -0.4 is 15.4 Å². The van der Waals surface area contributed by atoms with Crippen LogP contribution in [0.3, 0.4) is 0 Å². The Hall–Kier alpha value is -3.85. The van der Waals surface area contributed by atoms with E-state index in [1.54, 1.807) is 21.0 Å². The Labute approximate surface area is 252 Å². The number of ether oxygens (including phenoxy) is 2. The molecule has 9 heteroatoms. The van der Waals surface area contributed by atoms with Gasteiger partial charge in [-0.25, -0.2) is 4.99 Å². The lowest BCUT2D eigenvalue weighted by Gasteiger charge is -2.26. The van der Waals surface area contributed by atoms with Crippen molar-refractivity contribution in [1.82, 2.24) is 10.6 Å². The van der Waals surface area contributed by atoms with Gasteiger partial charge < -0.3 is 20.1 Å². The van der Waals surface area contributed by atoms with Gasteiger partial charge in [-0.15, -0.1) is 0 Å². The van der Waals surface area contributed by atoms with E-state index in [-0.39, 0.29) is 23.9 Å². The average Bonchev–Trinajstić information content (AvgIpc) is 3.36. The van der Waals surface area contributed by atoms with Crippen LogP contribution in [0.5, 0.6) is 5.75 Å². The third-order valence-electron chi connectivity index (χ3n) is 8.93. The Morgan fingerprint density at radius 1 is 1.05 bits per heavy atom. The highest BCUT2D eigenvalue weighted by Gasteiger charge is 2.50. The number of rotatable bonds is 14. The van der Waals surface area contributed by atoms with E-state index in [0.29, 0.717) is 43.2 Å². The van der Waals surface area contributed by atoms with Crippen molar-refractivity contribution in [3.63, 3.8) is 0 Å². The van der Waals surface area contributed by atoms with E-state index < -0.39 is 29.5 Å². The van der Waals surface area contributed by atoms with E-state index in [1.165, 1.54) is 0 Å². The summed E-state index contributed by atoms with van der Waals surface area (Å²) in [5, 5.41) is 5.80. The van der Waals surface area contributed by atoms with Crippen LogP contribution in [0.2, 0.25) is 0 Å². The highest BCUT2D eigenvalue weighted by Crippen LogP contribution is 2.34. The number of amides is 2.